The lowest BCUT2D eigenvalue weighted by molar-refractivity contribution is 0.103. The zero-order chi connectivity index (χ0) is 13.9. The van der Waals surface area contributed by atoms with E-state index < -0.39 is 0 Å². The highest BCUT2D eigenvalue weighted by atomic mass is 16.1. The van der Waals surface area contributed by atoms with Crippen molar-refractivity contribution in [2.24, 2.45) is 0 Å². The summed E-state index contributed by atoms with van der Waals surface area (Å²) in [5, 5.41) is 2.26. The molecule has 0 fully saturated rings. The fourth-order valence-corrected chi connectivity index (χ4v) is 2.43. The van der Waals surface area contributed by atoms with Gasteiger partial charge in [0.05, 0.1) is 0 Å². The van der Waals surface area contributed by atoms with Crippen molar-refractivity contribution in [3.8, 4) is 0 Å². The van der Waals surface area contributed by atoms with Crippen molar-refractivity contribution in [1.29, 1.82) is 0 Å². The third kappa shape index (κ3) is 2.35. The average Bonchev–Trinajstić information content (AvgIpc) is 2.53. The van der Waals surface area contributed by atoms with E-state index in [-0.39, 0.29) is 5.78 Å². The Morgan fingerprint density at radius 3 is 2.35 bits per heavy atom. The normalized spacial score (nSPS) is 10.7. The highest BCUT2D eigenvalue weighted by Gasteiger charge is 2.09. The number of aryl methyl sites for hydroxylation is 1. The van der Waals surface area contributed by atoms with Crippen molar-refractivity contribution in [3.63, 3.8) is 0 Å². The number of ketones is 1. The molecule has 0 aromatic heterocycles. The standard InChI is InChI=1S/C19H16O/c1-2-14-6-5-9-17(12-14)19(20)18-11-10-15-7-3-4-8-16(15)13-18/h3-13H,2H2,1H3. The topological polar surface area (TPSA) is 17.1 Å². The first-order valence-electron chi connectivity index (χ1n) is 6.90. The molecule has 0 radical (unpaired) electrons. The molecule has 0 atom stereocenters. The van der Waals surface area contributed by atoms with E-state index in [1.54, 1.807) is 0 Å². The predicted molar refractivity (Wildman–Crippen MR) is 83.2 cm³/mol. The fraction of sp³-hybridized carbons (Fsp3) is 0.105. The van der Waals surface area contributed by atoms with Crippen LogP contribution in [-0.4, -0.2) is 5.78 Å². The molecule has 98 valence electrons. The molecule has 3 rings (SSSR count). The summed E-state index contributed by atoms with van der Waals surface area (Å²) in [7, 11) is 0. The summed E-state index contributed by atoms with van der Waals surface area (Å²) in [5.74, 6) is 0.0889. The molecule has 0 saturated heterocycles. The van der Waals surface area contributed by atoms with Crippen molar-refractivity contribution < 1.29 is 4.79 Å². The molecule has 1 heteroatoms. The van der Waals surface area contributed by atoms with Crippen molar-refractivity contribution >= 4 is 16.6 Å². The zero-order valence-electron chi connectivity index (χ0n) is 11.5. The van der Waals surface area contributed by atoms with Gasteiger partial charge in [0.1, 0.15) is 0 Å². The lowest BCUT2D eigenvalue weighted by atomic mass is 9.98. The van der Waals surface area contributed by atoms with Gasteiger partial charge in [0, 0.05) is 11.1 Å². The monoisotopic (exact) mass is 260 g/mol. The van der Waals surface area contributed by atoms with Gasteiger partial charge in [-0.3, -0.25) is 4.79 Å². The van der Waals surface area contributed by atoms with Gasteiger partial charge in [-0.1, -0.05) is 61.5 Å². The van der Waals surface area contributed by atoms with Crippen LogP contribution in [0.3, 0.4) is 0 Å². The molecular weight excluding hydrogens is 244 g/mol. The lowest BCUT2D eigenvalue weighted by Crippen LogP contribution is -2.01. The molecule has 0 bridgehead atoms. The predicted octanol–water partition coefficient (Wildman–Crippen LogP) is 4.63. The molecule has 20 heavy (non-hydrogen) atoms. The van der Waals surface area contributed by atoms with Gasteiger partial charge < -0.3 is 0 Å². The SMILES string of the molecule is CCc1cccc(C(=O)c2ccc3ccccc3c2)c1. The molecule has 0 heterocycles. The summed E-state index contributed by atoms with van der Waals surface area (Å²) in [4.78, 5) is 12.6. The molecule has 0 unspecified atom stereocenters. The van der Waals surface area contributed by atoms with Crippen LogP contribution >= 0.6 is 0 Å². The van der Waals surface area contributed by atoms with E-state index in [1.165, 1.54) is 5.56 Å². The molecule has 0 amide bonds. The van der Waals surface area contributed by atoms with Crippen LogP contribution in [0.2, 0.25) is 0 Å². The first-order valence-corrected chi connectivity index (χ1v) is 6.90. The minimum absolute atomic E-state index is 0.0889. The second-order valence-corrected chi connectivity index (χ2v) is 4.94. The summed E-state index contributed by atoms with van der Waals surface area (Å²) in [6.07, 6.45) is 0.943. The summed E-state index contributed by atoms with van der Waals surface area (Å²) in [6.45, 7) is 2.10. The molecule has 0 aliphatic heterocycles. The van der Waals surface area contributed by atoms with Crippen molar-refractivity contribution in [2.75, 3.05) is 0 Å². The summed E-state index contributed by atoms with van der Waals surface area (Å²) in [5.41, 5.74) is 2.70. The number of benzene rings is 3. The smallest absolute Gasteiger partial charge is 0.193 e. The van der Waals surface area contributed by atoms with E-state index in [2.05, 4.69) is 19.1 Å². The molecule has 3 aromatic rings. The van der Waals surface area contributed by atoms with Gasteiger partial charge in [-0.25, -0.2) is 0 Å². The van der Waals surface area contributed by atoms with Crippen LogP contribution < -0.4 is 0 Å². The minimum atomic E-state index is 0.0889. The van der Waals surface area contributed by atoms with E-state index in [0.29, 0.717) is 0 Å². The molecule has 3 aromatic carbocycles. The van der Waals surface area contributed by atoms with Gasteiger partial charge >= 0.3 is 0 Å². The third-order valence-corrected chi connectivity index (χ3v) is 3.61. The Kier molecular flexibility index (Phi) is 3.34. The fourth-order valence-electron chi connectivity index (χ4n) is 2.43. The molecule has 0 spiro atoms. The molecule has 1 nitrogen and oxygen atoms in total. The van der Waals surface area contributed by atoms with Gasteiger partial charge in [-0.2, -0.15) is 0 Å². The van der Waals surface area contributed by atoms with Gasteiger partial charge in [-0.15, -0.1) is 0 Å². The van der Waals surface area contributed by atoms with E-state index in [0.717, 1.165) is 28.3 Å². The maximum absolute atomic E-state index is 12.6. The number of fused-ring (bicyclic) bond motifs is 1. The van der Waals surface area contributed by atoms with Crippen LogP contribution in [0.1, 0.15) is 28.4 Å². The quantitative estimate of drug-likeness (QED) is 0.627. The number of rotatable bonds is 3. The maximum atomic E-state index is 12.6. The first kappa shape index (κ1) is 12.6. The Labute approximate surface area is 118 Å². The second-order valence-electron chi connectivity index (χ2n) is 4.94. The Morgan fingerprint density at radius 2 is 1.55 bits per heavy atom. The number of hydrogen-bond acceptors (Lipinski definition) is 1. The van der Waals surface area contributed by atoms with Crippen LogP contribution in [0.4, 0.5) is 0 Å². The summed E-state index contributed by atoms with van der Waals surface area (Å²) >= 11 is 0. The Hall–Kier alpha value is -2.41. The molecule has 0 aliphatic carbocycles. The highest BCUT2D eigenvalue weighted by molar-refractivity contribution is 6.10. The first-order chi connectivity index (χ1) is 9.78. The molecular formula is C19H16O. The van der Waals surface area contributed by atoms with Crippen molar-refractivity contribution in [3.05, 3.63) is 83.4 Å². The molecule has 0 aliphatic rings. The molecule has 0 N–H and O–H groups in total. The Morgan fingerprint density at radius 1 is 0.800 bits per heavy atom. The van der Waals surface area contributed by atoms with Gasteiger partial charge in [0.25, 0.3) is 0 Å². The van der Waals surface area contributed by atoms with Crippen LogP contribution in [-0.2, 0) is 6.42 Å². The zero-order valence-corrected chi connectivity index (χ0v) is 11.5. The number of hydrogen-bond donors (Lipinski definition) is 0. The number of carbonyl (C=O) groups excluding carboxylic acids is 1. The van der Waals surface area contributed by atoms with Crippen LogP contribution in [0.25, 0.3) is 10.8 Å². The summed E-state index contributed by atoms with van der Waals surface area (Å²) in [6, 6.07) is 21.9. The highest BCUT2D eigenvalue weighted by Crippen LogP contribution is 2.18. The van der Waals surface area contributed by atoms with Gasteiger partial charge in [0.15, 0.2) is 5.78 Å². The van der Waals surface area contributed by atoms with Crippen LogP contribution in [0.5, 0.6) is 0 Å². The van der Waals surface area contributed by atoms with Gasteiger partial charge in [0.2, 0.25) is 0 Å². The average molecular weight is 260 g/mol. The van der Waals surface area contributed by atoms with Gasteiger partial charge in [-0.05, 0) is 34.9 Å². The Bertz CT molecular complexity index is 771. The maximum Gasteiger partial charge on any atom is 0.193 e. The number of carbonyl (C=O) groups is 1. The van der Waals surface area contributed by atoms with E-state index in [9.17, 15) is 4.79 Å². The van der Waals surface area contributed by atoms with Crippen molar-refractivity contribution in [1.82, 2.24) is 0 Å². The van der Waals surface area contributed by atoms with Crippen molar-refractivity contribution in [2.45, 2.75) is 13.3 Å². The van der Waals surface area contributed by atoms with E-state index in [4.69, 9.17) is 0 Å². The lowest BCUT2D eigenvalue weighted by Gasteiger charge is -2.05. The van der Waals surface area contributed by atoms with E-state index >= 15 is 0 Å². The largest absolute Gasteiger partial charge is 0.289 e. The summed E-state index contributed by atoms with van der Waals surface area (Å²) < 4.78 is 0. The minimum Gasteiger partial charge on any atom is -0.289 e. The van der Waals surface area contributed by atoms with Crippen LogP contribution in [0, 0.1) is 0 Å². The van der Waals surface area contributed by atoms with Crippen LogP contribution in [0.15, 0.2) is 66.7 Å². The second kappa shape index (κ2) is 5.30. The Balaban J connectivity index is 2.03. The third-order valence-electron chi connectivity index (χ3n) is 3.61. The van der Waals surface area contributed by atoms with E-state index in [1.807, 2.05) is 54.6 Å². The molecule has 0 saturated carbocycles.